The maximum Gasteiger partial charge on any atom is 0.235 e. The van der Waals surface area contributed by atoms with Gasteiger partial charge in [-0.25, -0.2) is 0 Å². The van der Waals surface area contributed by atoms with Crippen LogP contribution in [-0.2, 0) is 14.4 Å². The summed E-state index contributed by atoms with van der Waals surface area (Å²) in [5.41, 5.74) is 1.37. The summed E-state index contributed by atoms with van der Waals surface area (Å²) in [6.45, 7) is 10.7. The zero-order chi connectivity index (χ0) is 20.6. The Hall–Kier alpha value is -1.71. The fourth-order valence-electron chi connectivity index (χ4n) is 5.74. The van der Waals surface area contributed by atoms with E-state index in [4.69, 9.17) is 0 Å². The number of allylic oxidation sites excluding steroid dienone is 4. The molecule has 154 valence electrons. The van der Waals surface area contributed by atoms with Crippen LogP contribution in [0.2, 0.25) is 0 Å². The van der Waals surface area contributed by atoms with Crippen LogP contribution in [0.25, 0.3) is 0 Å². The van der Waals surface area contributed by atoms with E-state index in [9.17, 15) is 14.4 Å². The largest absolute Gasteiger partial charge is 0.352 e. The second-order valence-corrected chi connectivity index (χ2v) is 9.66. The molecule has 3 rings (SSSR count). The van der Waals surface area contributed by atoms with Gasteiger partial charge in [0, 0.05) is 37.1 Å². The molecule has 2 aliphatic carbocycles. The number of ketones is 2. The molecular formula is C24H35NO3. The fraction of sp³-hybridized carbons (Fsp3) is 0.708. The Morgan fingerprint density at radius 2 is 1.79 bits per heavy atom. The van der Waals surface area contributed by atoms with Crippen LogP contribution in [0, 0.1) is 29.1 Å². The zero-order valence-electron chi connectivity index (χ0n) is 18.0. The van der Waals surface area contributed by atoms with Gasteiger partial charge in [-0.3, -0.25) is 14.4 Å². The molecule has 1 heterocycles. The zero-order valence-corrected chi connectivity index (χ0v) is 18.0. The van der Waals surface area contributed by atoms with Crippen LogP contribution in [0.1, 0.15) is 73.1 Å². The third-order valence-corrected chi connectivity index (χ3v) is 7.19. The third kappa shape index (κ3) is 3.51. The van der Waals surface area contributed by atoms with Gasteiger partial charge in [0.15, 0.2) is 0 Å². The van der Waals surface area contributed by atoms with Gasteiger partial charge in [0.1, 0.15) is 17.0 Å². The second-order valence-electron chi connectivity index (χ2n) is 9.66. The predicted molar refractivity (Wildman–Crippen MR) is 111 cm³/mol. The van der Waals surface area contributed by atoms with Crippen molar-refractivity contribution in [3.05, 3.63) is 23.3 Å². The minimum atomic E-state index is -1.07. The van der Waals surface area contributed by atoms with Crippen molar-refractivity contribution in [3.63, 3.8) is 0 Å². The molecule has 0 saturated carbocycles. The molecular weight excluding hydrogens is 350 g/mol. The van der Waals surface area contributed by atoms with E-state index in [0.717, 1.165) is 19.3 Å². The van der Waals surface area contributed by atoms with Gasteiger partial charge in [0.25, 0.3) is 0 Å². The molecule has 0 radical (unpaired) electrons. The van der Waals surface area contributed by atoms with Crippen LogP contribution in [0.15, 0.2) is 23.3 Å². The molecule has 0 aromatic heterocycles. The van der Waals surface area contributed by atoms with Gasteiger partial charge in [-0.15, -0.1) is 0 Å². The fourth-order valence-corrected chi connectivity index (χ4v) is 5.74. The number of rotatable bonds is 2. The highest BCUT2D eigenvalue weighted by Crippen LogP contribution is 2.55. The molecule has 1 spiro atoms. The summed E-state index contributed by atoms with van der Waals surface area (Å²) in [6, 6.07) is 0.00661. The van der Waals surface area contributed by atoms with E-state index < -0.39 is 5.41 Å². The van der Waals surface area contributed by atoms with Gasteiger partial charge in [-0.2, -0.15) is 0 Å². The average molecular weight is 386 g/mol. The van der Waals surface area contributed by atoms with Crippen molar-refractivity contribution in [1.82, 2.24) is 5.32 Å². The highest BCUT2D eigenvalue weighted by Gasteiger charge is 2.65. The molecule has 0 unspecified atom stereocenters. The molecule has 1 fully saturated rings. The predicted octanol–water partition coefficient (Wildman–Crippen LogP) is 4.39. The number of hydrogen-bond donors (Lipinski definition) is 1. The maximum absolute atomic E-state index is 13.7. The van der Waals surface area contributed by atoms with Crippen LogP contribution in [-0.4, -0.2) is 23.5 Å². The van der Waals surface area contributed by atoms with Crippen molar-refractivity contribution < 1.29 is 14.4 Å². The van der Waals surface area contributed by atoms with Crippen molar-refractivity contribution in [2.24, 2.45) is 29.1 Å². The number of nitrogens with one attached hydrogen (secondary N) is 1. The third-order valence-electron chi connectivity index (χ3n) is 7.19. The van der Waals surface area contributed by atoms with Crippen LogP contribution in [0.4, 0.5) is 0 Å². The minimum absolute atomic E-state index is 0.00661. The van der Waals surface area contributed by atoms with Crippen LogP contribution in [0.3, 0.4) is 0 Å². The Bertz CT molecular complexity index is 732. The second kappa shape index (κ2) is 7.96. The first kappa shape index (κ1) is 21.0. The summed E-state index contributed by atoms with van der Waals surface area (Å²) in [5.74, 6) is 0.314. The Morgan fingerprint density at radius 3 is 2.46 bits per heavy atom. The highest BCUT2D eigenvalue weighted by atomic mass is 16.2. The molecule has 3 aliphatic rings. The molecule has 0 bridgehead atoms. The molecule has 1 aliphatic heterocycles. The average Bonchev–Trinajstić information content (AvgIpc) is 2.88. The van der Waals surface area contributed by atoms with E-state index in [0.29, 0.717) is 12.3 Å². The Labute approximate surface area is 169 Å². The lowest BCUT2D eigenvalue weighted by atomic mass is 9.54. The van der Waals surface area contributed by atoms with Crippen LogP contribution in [0.5, 0.6) is 0 Å². The first-order valence-electron chi connectivity index (χ1n) is 10.9. The number of amides is 1. The normalized spacial score (nSPS) is 38.7. The summed E-state index contributed by atoms with van der Waals surface area (Å²) in [5, 5.41) is 3.22. The molecule has 4 heteroatoms. The van der Waals surface area contributed by atoms with Gasteiger partial charge < -0.3 is 5.32 Å². The van der Waals surface area contributed by atoms with Crippen molar-refractivity contribution >= 4 is 17.5 Å². The van der Waals surface area contributed by atoms with E-state index in [1.807, 2.05) is 0 Å². The monoisotopic (exact) mass is 385 g/mol. The van der Waals surface area contributed by atoms with Gasteiger partial charge in [0.2, 0.25) is 5.91 Å². The first-order valence-corrected chi connectivity index (χ1v) is 10.9. The summed E-state index contributed by atoms with van der Waals surface area (Å²) in [7, 11) is 0. The van der Waals surface area contributed by atoms with Crippen LogP contribution < -0.4 is 5.32 Å². The molecule has 1 saturated heterocycles. The molecule has 0 aromatic rings. The molecule has 1 amide bonds. The van der Waals surface area contributed by atoms with Crippen molar-refractivity contribution in [3.8, 4) is 0 Å². The number of Topliss-reactive ketones (excluding diaryl/α,β-unsaturated/α-hetero) is 2. The number of hydrogen-bond acceptors (Lipinski definition) is 3. The summed E-state index contributed by atoms with van der Waals surface area (Å²) >= 11 is 0. The SMILES string of the molecule is CC1=C[C@@H]2/C=C(\C)CCCC(=O)CCC(=O)[C@]23C(=O)N[C@@H](CC(C)C)[C@@H]3[C@@H]1C. The van der Waals surface area contributed by atoms with Gasteiger partial charge in [-0.1, -0.05) is 44.1 Å². The van der Waals surface area contributed by atoms with E-state index >= 15 is 0 Å². The summed E-state index contributed by atoms with van der Waals surface area (Å²) < 4.78 is 0. The summed E-state index contributed by atoms with van der Waals surface area (Å²) in [4.78, 5) is 39.4. The Kier molecular flexibility index (Phi) is 5.97. The van der Waals surface area contributed by atoms with Gasteiger partial charge in [-0.05, 0) is 44.9 Å². The highest BCUT2D eigenvalue weighted by molar-refractivity contribution is 6.10. The van der Waals surface area contributed by atoms with E-state index in [1.54, 1.807) is 0 Å². The smallest absolute Gasteiger partial charge is 0.235 e. The molecule has 0 aromatic carbocycles. The molecule has 28 heavy (non-hydrogen) atoms. The van der Waals surface area contributed by atoms with Crippen LogP contribution >= 0.6 is 0 Å². The van der Waals surface area contributed by atoms with Crippen molar-refractivity contribution in [2.75, 3.05) is 0 Å². The Balaban J connectivity index is 2.16. The standard InChI is InChI=1S/C24H35NO3/c1-14(2)11-20-22-17(5)16(4)13-18-12-15(3)7-6-8-19(26)9-10-21(27)24(18,22)23(28)25-20/h12-14,17-18,20,22H,6-11H2,1-5H3,(H,25,28)/b15-12+/t17-,18+,20+,22+,24-/m1/s1. The molecule has 4 nitrogen and oxygen atoms in total. The lowest BCUT2D eigenvalue weighted by molar-refractivity contribution is -0.146. The lowest BCUT2D eigenvalue weighted by Crippen LogP contribution is -2.52. The molecule has 1 N–H and O–H groups in total. The van der Waals surface area contributed by atoms with E-state index in [2.05, 4.69) is 52.1 Å². The summed E-state index contributed by atoms with van der Waals surface area (Å²) in [6.07, 6.45) is 7.80. The van der Waals surface area contributed by atoms with Gasteiger partial charge in [0.05, 0.1) is 0 Å². The van der Waals surface area contributed by atoms with Crippen molar-refractivity contribution in [2.45, 2.75) is 79.2 Å². The van der Waals surface area contributed by atoms with Gasteiger partial charge >= 0.3 is 0 Å². The lowest BCUT2D eigenvalue weighted by Gasteiger charge is -2.45. The topological polar surface area (TPSA) is 63.2 Å². The maximum atomic E-state index is 13.7. The van der Waals surface area contributed by atoms with Crippen molar-refractivity contribution in [1.29, 1.82) is 0 Å². The number of carbonyl (C=O) groups is 3. The van der Waals surface area contributed by atoms with E-state index in [-0.39, 0.29) is 54.1 Å². The number of carbonyl (C=O) groups excluding carboxylic acids is 3. The van der Waals surface area contributed by atoms with E-state index in [1.165, 1.54) is 11.1 Å². The first-order chi connectivity index (χ1) is 13.2. The molecule has 5 atom stereocenters. The minimum Gasteiger partial charge on any atom is -0.352 e. The Morgan fingerprint density at radius 1 is 1.07 bits per heavy atom. The quantitative estimate of drug-likeness (QED) is 0.566.